The smallest absolute Gasteiger partial charge is 0.269 e. The average molecular weight is 245 g/mol. The van der Waals surface area contributed by atoms with E-state index in [9.17, 15) is 10.1 Å². The minimum atomic E-state index is -0.447. The molecule has 0 spiro atoms. The van der Waals surface area contributed by atoms with Crippen LogP contribution in [0.3, 0.4) is 0 Å². The highest BCUT2D eigenvalue weighted by atomic mass is 16.6. The lowest BCUT2D eigenvalue weighted by atomic mass is 10.3. The van der Waals surface area contributed by atoms with Crippen molar-refractivity contribution in [2.75, 3.05) is 7.11 Å². The van der Waals surface area contributed by atoms with Crippen LogP contribution in [0.1, 0.15) is 0 Å². The number of rotatable bonds is 4. The third-order valence-corrected chi connectivity index (χ3v) is 2.34. The van der Waals surface area contributed by atoms with Crippen LogP contribution >= 0.6 is 0 Å². The summed E-state index contributed by atoms with van der Waals surface area (Å²) in [5.74, 6) is 1.93. The molecule has 0 saturated carbocycles. The van der Waals surface area contributed by atoms with E-state index in [0.29, 0.717) is 11.5 Å². The summed E-state index contributed by atoms with van der Waals surface area (Å²) in [4.78, 5) is 10.0. The lowest BCUT2D eigenvalue weighted by Crippen LogP contribution is -1.88. The molecule has 92 valence electrons. The van der Waals surface area contributed by atoms with Gasteiger partial charge in [0.2, 0.25) is 0 Å². The summed E-state index contributed by atoms with van der Waals surface area (Å²) in [5, 5.41) is 10.5. The monoisotopic (exact) mass is 245 g/mol. The van der Waals surface area contributed by atoms with Crippen molar-refractivity contribution in [3.63, 3.8) is 0 Å². The van der Waals surface area contributed by atoms with Crippen LogP contribution in [0.15, 0.2) is 48.5 Å². The largest absolute Gasteiger partial charge is 0.497 e. The molecule has 0 aliphatic rings. The Morgan fingerprint density at radius 2 is 1.33 bits per heavy atom. The number of benzene rings is 2. The zero-order chi connectivity index (χ0) is 13.0. The summed E-state index contributed by atoms with van der Waals surface area (Å²) < 4.78 is 10.6. The van der Waals surface area contributed by atoms with E-state index in [2.05, 4.69) is 0 Å². The van der Waals surface area contributed by atoms with Gasteiger partial charge in [-0.25, -0.2) is 0 Å². The maximum atomic E-state index is 10.5. The van der Waals surface area contributed by atoms with Gasteiger partial charge in [0.15, 0.2) is 0 Å². The first-order valence-electron chi connectivity index (χ1n) is 5.25. The molecule has 5 nitrogen and oxygen atoms in total. The van der Waals surface area contributed by atoms with Gasteiger partial charge in [-0.2, -0.15) is 0 Å². The summed E-state index contributed by atoms with van der Waals surface area (Å²) in [6, 6.07) is 13.0. The van der Waals surface area contributed by atoms with Gasteiger partial charge in [0.05, 0.1) is 12.0 Å². The van der Waals surface area contributed by atoms with E-state index < -0.39 is 4.92 Å². The predicted octanol–water partition coefficient (Wildman–Crippen LogP) is 3.40. The van der Waals surface area contributed by atoms with Crippen molar-refractivity contribution in [2.45, 2.75) is 0 Å². The number of hydrogen-bond donors (Lipinski definition) is 0. The molecule has 5 heteroatoms. The first kappa shape index (κ1) is 11.9. The van der Waals surface area contributed by atoms with E-state index in [4.69, 9.17) is 9.47 Å². The highest BCUT2D eigenvalue weighted by Crippen LogP contribution is 2.25. The Morgan fingerprint density at radius 3 is 1.78 bits per heavy atom. The summed E-state index contributed by atoms with van der Waals surface area (Å²) in [6.07, 6.45) is 0. The molecule has 18 heavy (non-hydrogen) atoms. The maximum absolute atomic E-state index is 10.5. The van der Waals surface area contributed by atoms with Gasteiger partial charge in [-0.15, -0.1) is 0 Å². The molecule has 0 bridgehead atoms. The SMILES string of the molecule is COc1ccc(Oc2ccc([N+](=O)[O-])cc2)cc1. The molecule has 0 aliphatic heterocycles. The molecule has 0 heterocycles. The topological polar surface area (TPSA) is 61.6 Å². The van der Waals surface area contributed by atoms with Gasteiger partial charge in [-0.1, -0.05) is 0 Å². The molecule has 2 aromatic carbocycles. The first-order valence-corrected chi connectivity index (χ1v) is 5.25. The number of hydrogen-bond acceptors (Lipinski definition) is 4. The molecular formula is C13H11NO4. The van der Waals surface area contributed by atoms with Gasteiger partial charge in [-0.3, -0.25) is 10.1 Å². The zero-order valence-corrected chi connectivity index (χ0v) is 9.70. The van der Waals surface area contributed by atoms with Gasteiger partial charge >= 0.3 is 0 Å². The Labute approximate surface area is 104 Å². The molecule has 0 saturated heterocycles. The number of methoxy groups -OCH3 is 1. The number of ether oxygens (including phenoxy) is 2. The van der Waals surface area contributed by atoms with Crippen LogP contribution in [-0.4, -0.2) is 12.0 Å². The number of nitro benzene ring substituents is 1. The highest BCUT2D eigenvalue weighted by Gasteiger charge is 2.05. The maximum Gasteiger partial charge on any atom is 0.269 e. The quantitative estimate of drug-likeness (QED) is 0.611. The number of nitro groups is 1. The van der Waals surface area contributed by atoms with Crippen LogP contribution in [0, 0.1) is 10.1 Å². The first-order chi connectivity index (χ1) is 8.69. The number of non-ortho nitro benzene ring substituents is 1. The summed E-state index contributed by atoms with van der Waals surface area (Å²) in [7, 11) is 1.59. The van der Waals surface area contributed by atoms with Gasteiger partial charge in [0.25, 0.3) is 5.69 Å². The van der Waals surface area contributed by atoms with E-state index in [-0.39, 0.29) is 5.69 Å². The minimum Gasteiger partial charge on any atom is -0.497 e. The van der Waals surface area contributed by atoms with Crippen LogP contribution in [0.5, 0.6) is 17.2 Å². The van der Waals surface area contributed by atoms with Crippen LogP contribution in [0.2, 0.25) is 0 Å². The fourth-order valence-corrected chi connectivity index (χ4v) is 1.42. The van der Waals surface area contributed by atoms with Gasteiger partial charge in [0.1, 0.15) is 17.2 Å². The third-order valence-electron chi connectivity index (χ3n) is 2.34. The van der Waals surface area contributed by atoms with Crippen LogP contribution in [0.4, 0.5) is 5.69 Å². The molecule has 0 atom stereocenters. The Hall–Kier alpha value is -2.56. The lowest BCUT2D eigenvalue weighted by molar-refractivity contribution is -0.384. The van der Waals surface area contributed by atoms with Gasteiger partial charge < -0.3 is 9.47 Å². The van der Waals surface area contributed by atoms with Crippen molar-refractivity contribution >= 4 is 5.69 Å². The van der Waals surface area contributed by atoms with Gasteiger partial charge in [0, 0.05) is 12.1 Å². The number of nitrogens with zero attached hydrogens (tertiary/aromatic N) is 1. The molecule has 0 N–H and O–H groups in total. The van der Waals surface area contributed by atoms with Crippen LogP contribution < -0.4 is 9.47 Å². The Balaban J connectivity index is 2.10. The van der Waals surface area contributed by atoms with Gasteiger partial charge in [-0.05, 0) is 36.4 Å². The fourth-order valence-electron chi connectivity index (χ4n) is 1.42. The van der Waals surface area contributed by atoms with Crippen molar-refractivity contribution < 1.29 is 14.4 Å². The van der Waals surface area contributed by atoms with Crippen molar-refractivity contribution in [1.82, 2.24) is 0 Å². The predicted molar refractivity (Wildman–Crippen MR) is 66.2 cm³/mol. The van der Waals surface area contributed by atoms with Crippen LogP contribution in [-0.2, 0) is 0 Å². The Bertz CT molecular complexity index is 534. The second-order valence-corrected chi connectivity index (χ2v) is 3.53. The second kappa shape index (κ2) is 5.18. The van der Waals surface area contributed by atoms with E-state index in [0.717, 1.165) is 5.75 Å². The standard InChI is InChI=1S/C13H11NO4/c1-17-11-6-8-13(9-7-11)18-12-4-2-10(3-5-12)14(15)16/h2-9H,1H3. The van der Waals surface area contributed by atoms with E-state index in [1.807, 2.05) is 0 Å². The molecule has 2 rings (SSSR count). The minimum absolute atomic E-state index is 0.0390. The van der Waals surface area contributed by atoms with Crippen molar-refractivity contribution in [2.24, 2.45) is 0 Å². The third kappa shape index (κ3) is 2.76. The van der Waals surface area contributed by atoms with E-state index in [1.165, 1.54) is 12.1 Å². The lowest BCUT2D eigenvalue weighted by Gasteiger charge is -2.06. The zero-order valence-electron chi connectivity index (χ0n) is 9.70. The van der Waals surface area contributed by atoms with Crippen molar-refractivity contribution in [3.05, 3.63) is 58.6 Å². The molecule has 0 amide bonds. The summed E-state index contributed by atoms with van der Waals surface area (Å²) in [5.41, 5.74) is 0.0390. The molecular weight excluding hydrogens is 234 g/mol. The molecule has 0 aromatic heterocycles. The summed E-state index contributed by atoms with van der Waals surface area (Å²) in [6.45, 7) is 0. The Morgan fingerprint density at radius 1 is 0.889 bits per heavy atom. The average Bonchev–Trinajstić information content (AvgIpc) is 2.40. The normalized spacial score (nSPS) is 9.83. The highest BCUT2D eigenvalue weighted by molar-refractivity contribution is 5.39. The molecule has 0 fully saturated rings. The molecule has 0 unspecified atom stereocenters. The Kier molecular flexibility index (Phi) is 3.43. The molecule has 2 aromatic rings. The summed E-state index contributed by atoms with van der Waals surface area (Å²) >= 11 is 0. The molecule has 0 aliphatic carbocycles. The molecule has 0 radical (unpaired) electrons. The second-order valence-electron chi connectivity index (χ2n) is 3.53. The van der Waals surface area contributed by atoms with Crippen LogP contribution in [0.25, 0.3) is 0 Å². The van der Waals surface area contributed by atoms with Crippen molar-refractivity contribution in [3.8, 4) is 17.2 Å². The van der Waals surface area contributed by atoms with E-state index >= 15 is 0 Å². The van der Waals surface area contributed by atoms with E-state index in [1.54, 1.807) is 43.5 Å². The van der Waals surface area contributed by atoms with Crippen molar-refractivity contribution in [1.29, 1.82) is 0 Å². The fraction of sp³-hybridized carbons (Fsp3) is 0.0769.